The standard InChI is InChI=1S/C12H15I/c1-12(2)7-3-4-9-8-10(13)5-6-11(9)12/h5-6,8H,3-4,7H2,1-2H3. The van der Waals surface area contributed by atoms with Gasteiger partial charge in [-0.05, 0) is 70.5 Å². The summed E-state index contributed by atoms with van der Waals surface area (Å²) in [6.07, 6.45) is 3.95. The molecule has 0 aliphatic heterocycles. The van der Waals surface area contributed by atoms with E-state index in [1.807, 2.05) is 0 Å². The van der Waals surface area contributed by atoms with Crippen molar-refractivity contribution in [2.75, 3.05) is 0 Å². The minimum atomic E-state index is 0.401. The zero-order valence-corrected chi connectivity index (χ0v) is 10.4. The van der Waals surface area contributed by atoms with Crippen LogP contribution in [0.15, 0.2) is 18.2 Å². The molecule has 0 amide bonds. The van der Waals surface area contributed by atoms with Gasteiger partial charge in [0.25, 0.3) is 0 Å². The summed E-state index contributed by atoms with van der Waals surface area (Å²) in [5.41, 5.74) is 3.54. The predicted octanol–water partition coefficient (Wildman–Crippen LogP) is 3.91. The van der Waals surface area contributed by atoms with Crippen LogP contribution in [-0.4, -0.2) is 0 Å². The summed E-state index contributed by atoms with van der Waals surface area (Å²) >= 11 is 2.40. The SMILES string of the molecule is CC1(C)CCCc2cc(I)ccc21. The summed E-state index contributed by atoms with van der Waals surface area (Å²) < 4.78 is 1.37. The van der Waals surface area contributed by atoms with Crippen molar-refractivity contribution < 1.29 is 0 Å². The maximum absolute atomic E-state index is 2.40. The Labute approximate surface area is 93.9 Å². The number of aryl methyl sites for hydroxylation is 1. The van der Waals surface area contributed by atoms with Gasteiger partial charge in [0.15, 0.2) is 0 Å². The topological polar surface area (TPSA) is 0 Å². The van der Waals surface area contributed by atoms with Gasteiger partial charge >= 0.3 is 0 Å². The number of benzene rings is 1. The molecule has 0 radical (unpaired) electrons. The highest BCUT2D eigenvalue weighted by Gasteiger charge is 2.26. The van der Waals surface area contributed by atoms with Crippen LogP contribution in [0.2, 0.25) is 0 Å². The molecule has 0 saturated carbocycles. The lowest BCUT2D eigenvalue weighted by Crippen LogP contribution is -2.23. The Hall–Kier alpha value is -0.0500. The second-order valence-electron chi connectivity index (χ2n) is 4.54. The maximum atomic E-state index is 2.40. The Morgan fingerprint density at radius 2 is 2.08 bits per heavy atom. The molecule has 0 unspecified atom stereocenters. The molecule has 0 atom stereocenters. The quantitative estimate of drug-likeness (QED) is 0.634. The van der Waals surface area contributed by atoms with E-state index in [1.54, 1.807) is 11.1 Å². The Kier molecular flexibility index (Phi) is 2.39. The third kappa shape index (κ3) is 1.76. The van der Waals surface area contributed by atoms with Crippen LogP contribution in [0.4, 0.5) is 0 Å². The average molecular weight is 286 g/mol. The maximum Gasteiger partial charge on any atom is 0.0133 e. The monoisotopic (exact) mass is 286 g/mol. The molecule has 0 fully saturated rings. The van der Waals surface area contributed by atoms with E-state index >= 15 is 0 Å². The van der Waals surface area contributed by atoms with Crippen molar-refractivity contribution in [2.24, 2.45) is 0 Å². The van der Waals surface area contributed by atoms with Crippen molar-refractivity contribution in [3.05, 3.63) is 32.9 Å². The zero-order chi connectivity index (χ0) is 9.47. The zero-order valence-electron chi connectivity index (χ0n) is 8.23. The van der Waals surface area contributed by atoms with Crippen molar-refractivity contribution in [3.63, 3.8) is 0 Å². The molecule has 1 heteroatoms. The third-order valence-corrected chi connectivity index (χ3v) is 3.72. The predicted molar refractivity (Wildman–Crippen MR) is 65.1 cm³/mol. The minimum absolute atomic E-state index is 0.401. The van der Waals surface area contributed by atoms with E-state index in [4.69, 9.17) is 0 Å². The second-order valence-corrected chi connectivity index (χ2v) is 5.78. The molecule has 1 aliphatic carbocycles. The Bertz CT molecular complexity index is 326. The number of halogens is 1. The van der Waals surface area contributed by atoms with E-state index in [0.29, 0.717) is 5.41 Å². The van der Waals surface area contributed by atoms with Gasteiger partial charge in [-0.25, -0.2) is 0 Å². The van der Waals surface area contributed by atoms with Gasteiger partial charge in [-0.1, -0.05) is 19.9 Å². The molecule has 0 nitrogen and oxygen atoms in total. The van der Waals surface area contributed by atoms with Gasteiger partial charge in [0.1, 0.15) is 0 Å². The van der Waals surface area contributed by atoms with Crippen molar-refractivity contribution >= 4 is 22.6 Å². The van der Waals surface area contributed by atoms with E-state index in [-0.39, 0.29) is 0 Å². The highest BCUT2D eigenvalue weighted by Crippen LogP contribution is 2.36. The molecular weight excluding hydrogens is 271 g/mol. The molecule has 2 rings (SSSR count). The third-order valence-electron chi connectivity index (χ3n) is 3.04. The molecule has 1 aliphatic rings. The average Bonchev–Trinajstić information content (AvgIpc) is 2.02. The van der Waals surface area contributed by atoms with E-state index in [1.165, 1.54) is 22.8 Å². The fourth-order valence-corrected chi connectivity index (χ4v) is 2.84. The van der Waals surface area contributed by atoms with Crippen LogP contribution in [-0.2, 0) is 11.8 Å². The Morgan fingerprint density at radius 3 is 2.85 bits per heavy atom. The first-order valence-electron chi connectivity index (χ1n) is 4.88. The van der Waals surface area contributed by atoms with Crippen molar-refractivity contribution in [1.82, 2.24) is 0 Å². The summed E-state index contributed by atoms with van der Waals surface area (Å²) in [7, 11) is 0. The van der Waals surface area contributed by atoms with Crippen LogP contribution in [0.3, 0.4) is 0 Å². The van der Waals surface area contributed by atoms with Crippen molar-refractivity contribution in [3.8, 4) is 0 Å². The fourth-order valence-electron chi connectivity index (χ4n) is 2.28. The van der Waals surface area contributed by atoms with Gasteiger partial charge in [-0.15, -0.1) is 0 Å². The number of rotatable bonds is 0. The molecule has 1 aromatic carbocycles. The normalized spacial score (nSPS) is 19.6. The lowest BCUT2D eigenvalue weighted by atomic mass is 9.73. The van der Waals surface area contributed by atoms with Gasteiger partial charge in [0, 0.05) is 3.57 Å². The molecule has 13 heavy (non-hydrogen) atoms. The van der Waals surface area contributed by atoms with Crippen LogP contribution in [0, 0.1) is 3.57 Å². The van der Waals surface area contributed by atoms with Gasteiger partial charge in [0.05, 0.1) is 0 Å². The number of hydrogen-bond donors (Lipinski definition) is 0. The highest BCUT2D eigenvalue weighted by molar-refractivity contribution is 14.1. The summed E-state index contributed by atoms with van der Waals surface area (Å²) in [5.74, 6) is 0. The molecule has 1 aromatic rings. The van der Waals surface area contributed by atoms with Gasteiger partial charge in [-0.2, -0.15) is 0 Å². The lowest BCUT2D eigenvalue weighted by Gasteiger charge is -2.32. The summed E-state index contributed by atoms with van der Waals surface area (Å²) in [4.78, 5) is 0. The molecule has 0 N–H and O–H groups in total. The summed E-state index contributed by atoms with van der Waals surface area (Å²) in [5, 5.41) is 0. The molecule has 0 heterocycles. The minimum Gasteiger partial charge on any atom is -0.0572 e. The summed E-state index contributed by atoms with van der Waals surface area (Å²) in [6.45, 7) is 4.72. The Balaban J connectivity index is 2.53. The van der Waals surface area contributed by atoms with E-state index in [2.05, 4.69) is 54.6 Å². The first-order valence-corrected chi connectivity index (χ1v) is 5.96. The van der Waals surface area contributed by atoms with Gasteiger partial charge < -0.3 is 0 Å². The lowest BCUT2D eigenvalue weighted by molar-refractivity contribution is 0.432. The number of hydrogen-bond acceptors (Lipinski definition) is 0. The van der Waals surface area contributed by atoms with Crippen molar-refractivity contribution in [2.45, 2.75) is 38.5 Å². The Morgan fingerprint density at radius 1 is 1.31 bits per heavy atom. The van der Waals surface area contributed by atoms with E-state index < -0.39 is 0 Å². The molecule has 70 valence electrons. The second kappa shape index (κ2) is 3.26. The van der Waals surface area contributed by atoms with Gasteiger partial charge in [0.2, 0.25) is 0 Å². The molecule has 0 saturated heterocycles. The molecule has 0 aromatic heterocycles. The largest absolute Gasteiger partial charge is 0.0572 e. The van der Waals surface area contributed by atoms with E-state index in [9.17, 15) is 0 Å². The summed E-state index contributed by atoms with van der Waals surface area (Å²) in [6, 6.07) is 6.89. The molecule has 0 bridgehead atoms. The van der Waals surface area contributed by atoms with Crippen LogP contribution in [0.25, 0.3) is 0 Å². The highest BCUT2D eigenvalue weighted by atomic mass is 127. The molecular formula is C12H15I. The van der Waals surface area contributed by atoms with Crippen molar-refractivity contribution in [1.29, 1.82) is 0 Å². The van der Waals surface area contributed by atoms with Crippen LogP contribution < -0.4 is 0 Å². The van der Waals surface area contributed by atoms with Crippen LogP contribution >= 0.6 is 22.6 Å². The van der Waals surface area contributed by atoms with Crippen LogP contribution in [0.5, 0.6) is 0 Å². The van der Waals surface area contributed by atoms with Crippen LogP contribution in [0.1, 0.15) is 37.8 Å². The van der Waals surface area contributed by atoms with E-state index in [0.717, 1.165) is 0 Å². The molecule has 0 spiro atoms. The fraction of sp³-hybridized carbons (Fsp3) is 0.500. The van der Waals surface area contributed by atoms with Gasteiger partial charge in [-0.3, -0.25) is 0 Å². The first kappa shape index (κ1) is 9.50. The smallest absolute Gasteiger partial charge is 0.0133 e. The number of fused-ring (bicyclic) bond motifs is 1. The first-order chi connectivity index (χ1) is 6.09.